The van der Waals surface area contributed by atoms with Gasteiger partial charge in [-0.15, -0.1) is 0 Å². The molecule has 0 saturated carbocycles. The lowest BCUT2D eigenvalue weighted by Crippen LogP contribution is -2.42. The Hall–Kier alpha value is -3.50. The molecule has 0 spiro atoms. The van der Waals surface area contributed by atoms with Gasteiger partial charge >= 0.3 is 5.69 Å². The van der Waals surface area contributed by atoms with Gasteiger partial charge in [0.2, 0.25) is 0 Å². The van der Waals surface area contributed by atoms with Gasteiger partial charge in [-0.1, -0.05) is 36.2 Å². The summed E-state index contributed by atoms with van der Waals surface area (Å²) in [5.41, 5.74) is -1.34. The smallest absolute Gasteiger partial charge is 0.366 e. The fourth-order valence-corrected chi connectivity index (χ4v) is 3.39. The van der Waals surface area contributed by atoms with Crippen molar-refractivity contribution in [2.45, 2.75) is 33.1 Å². The van der Waals surface area contributed by atoms with Crippen LogP contribution in [-0.2, 0) is 18.1 Å². The van der Waals surface area contributed by atoms with E-state index in [-0.39, 0.29) is 38.9 Å². The second kappa shape index (κ2) is 9.33. The van der Waals surface area contributed by atoms with Crippen molar-refractivity contribution in [1.82, 2.24) is 9.30 Å². The number of non-ortho nitro benzene ring substituents is 1. The number of benzene rings is 2. The molecule has 11 heteroatoms. The predicted octanol–water partition coefficient (Wildman–Crippen LogP) is 3.91. The Kier molecular flexibility index (Phi) is 6.75. The maximum Gasteiger partial charge on any atom is 0.366 e. The van der Waals surface area contributed by atoms with E-state index in [1.54, 1.807) is 13.8 Å². The topological polar surface area (TPSA) is 117 Å². The molecule has 2 aromatic carbocycles. The largest absolute Gasteiger partial charge is 0.421 e. The van der Waals surface area contributed by atoms with E-state index in [9.17, 15) is 29.3 Å². The molecule has 0 aliphatic heterocycles. The summed E-state index contributed by atoms with van der Waals surface area (Å²) in [5.74, 6) is -0.998. The Morgan fingerprint density at radius 1 is 1.19 bits per heavy atom. The highest BCUT2D eigenvalue weighted by molar-refractivity contribution is 6.30. The average Bonchev–Trinajstić information content (AvgIpc) is 2.74. The number of hydrogen-bond donors (Lipinski definition) is 1. The van der Waals surface area contributed by atoms with Crippen LogP contribution < -0.4 is 11.2 Å². The molecule has 3 aromatic rings. The molecule has 0 atom stereocenters. The Morgan fingerprint density at radius 2 is 1.84 bits per heavy atom. The SMILES string of the molecule is CC(C)c1c(-c2ccc([N+](=O)[O-])cc2)n(COCc2ccc(Cl)cc2F)c(=O)n(O)c1=O. The third kappa shape index (κ3) is 4.56. The van der Waals surface area contributed by atoms with Gasteiger partial charge in [0, 0.05) is 28.3 Å². The molecule has 0 amide bonds. The molecule has 0 fully saturated rings. The van der Waals surface area contributed by atoms with E-state index in [1.807, 2.05) is 0 Å². The molecule has 0 radical (unpaired) electrons. The van der Waals surface area contributed by atoms with E-state index in [0.29, 0.717) is 5.56 Å². The van der Waals surface area contributed by atoms with E-state index in [2.05, 4.69) is 0 Å². The fraction of sp³-hybridized carbons (Fsp3) is 0.238. The number of nitro benzene ring substituents is 1. The van der Waals surface area contributed by atoms with E-state index in [0.717, 1.165) is 10.6 Å². The molecule has 0 unspecified atom stereocenters. The maximum absolute atomic E-state index is 14.0. The summed E-state index contributed by atoms with van der Waals surface area (Å²) in [6, 6.07) is 9.32. The van der Waals surface area contributed by atoms with Gasteiger partial charge in [-0.3, -0.25) is 19.5 Å². The Morgan fingerprint density at radius 3 is 2.41 bits per heavy atom. The molecule has 9 nitrogen and oxygen atoms in total. The molecule has 0 bridgehead atoms. The molecule has 1 heterocycles. The van der Waals surface area contributed by atoms with Crippen molar-refractivity contribution in [3.8, 4) is 11.3 Å². The lowest BCUT2D eigenvalue weighted by atomic mass is 9.98. The van der Waals surface area contributed by atoms with Gasteiger partial charge < -0.3 is 9.94 Å². The van der Waals surface area contributed by atoms with Crippen molar-refractivity contribution in [3.63, 3.8) is 0 Å². The van der Waals surface area contributed by atoms with Crippen LogP contribution in [0.5, 0.6) is 0 Å². The molecule has 1 aromatic heterocycles. The highest BCUT2D eigenvalue weighted by Crippen LogP contribution is 2.28. The summed E-state index contributed by atoms with van der Waals surface area (Å²) < 4.78 is 20.5. The standard InChI is InChI=1S/C21H19ClFN3O6/c1-12(2)18-19(13-4-7-16(8-5-13)26(30)31)24(21(28)25(29)20(18)27)11-32-10-14-3-6-15(22)9-17(14)23/h3-9,12,29H,10-11H2,1-2H3. The molecule has 32 heavy (non-hydrogen) atoms. The van der Waals surface area contributed by atoms with E-state index >= 15 is 0 Å². The number of ether oxygens (including phenoxy) is 1. The van der Waals surface area contributed by atoms with Gasteiger partial charge in [-0.05, 0) is 35.7 Å². The van der Waals surface area contributed by atoms with Gasteiger partial charge in [0.05, 0.1) is 17.2 Å². The van der Waals surface area contributed by atoms with Gasteiger partial charge in [-0.25, -0.2) is 9.18 Å². The van der Waals surface area contributed by atoms with Crippen molar-refractivity contribution < 1.29 is 19.3 Å². The van der Waals surface area contributed by atoms with E-state index in [4.69, 9.17) is 16.3 Å². The van der Waals surface area contributed by atoms with Crippen LogP contribution in [-0.4, -0.2) is 19.4 Å². The second-order valence-corrected chi connectivity index (χ2v) is 7.70. The highest BCUT2D eigenvalue weighted by atomic mass is 35.5. The molecular formula is C21H19ClFN3O6. The molecule has 0 aliphatic carbocycles. The van der Waals surface area contributed by atoms with Crippen molar-refractivity contribution in [3.05, 3.63) is 95.4 Å². The zero-order valence-corrected chi connectivity index (χ0v) is 17.9. The van der Waals surface area contributed by atoms with Crippen LogP contribution in [0.2, 0.25) is 5.02 Å². The first-order valence-electron chi connectivity index (χ1n) is 9.47. The van der Waals surface area contributed by atoms with E-state index < -0.39 is 34.6 Å². The zero-order chi connectivity index (χ0) is 23.6. The van der Waals surface area contributed by atoms with Crippen molar-refractivity contribution in [1.29, 1.82) is 0 Å². The minimum absolute atomic E-state index is 0.0174. The van der Waals surface area contributed by atoms with Crippen LogP contribution in [0.1, 0.15) is 30.9 Å². The average molecular weight is 464 g/mol. The summed E-state index contributed by atoms with van der Waals surface area (Å²) in [6.07, 6.45) is 0. The maximum atomic E-state index is 14.0. The first kappa shape index (κ1) is 23.2. The molecular weight excluding hydrogens is 445 g/mol. The quantitative estimate of drug-likeness (QED) is 0.322. The minimum Gasteiger partial charge on any atom is -0.421 e. The number of rotatable bonds is 7. The molecule has 3 rings (SSSR count). The summed E-state index contributed by atoms with van der Waals surface area (Å²) in [7, 11) is 0. The number of nitrogens with zero attached hydrogens (tertiary/aromatic N) is 3. The van der Waals surface area contributed by atoms with Crippen LogP contribution in [0.25, 0.3) is 11.3 Å². The van der Waals surface area contributed by atoms with Crippen molar-refractivity contribution >= 4 is 17.3 Å². The molecule has 0 saturated heterocycles. The Balaban J connectivity index is 2.08. The monoisotopic (exact) mass is 463 g/mol. The van der Waals surface area contributed by atoms with Crippen LogP contribution >= 0.6 is 11.6 Å². The number of aromatic nitrogens is 2. The number of hydrogen-bond acceptors (Lipinski definition) is 6. The lowest BCUT2D eigenvalue weighted by molar-refractivity contribution is -0.384. The third-order valence-electron chi connectivity index (χ3n) is 4.78. The summed E-state index contributed by atoms with van der Waals surface area (Å²) in [6.45, 7) is 2.76. The van der Waals surface area contributed by atoms with Gasteiger partial charge in [0.25, 0.3) is 11.2 Å². The van der Waals surface area contributed by atoms with Gasteiger partial charge in [-0.2, -0.15) is 0 Å². The molecule has 0 aliphatic rings. The van der Waals surface area contributed by atoms with Crippen molar-refractivity contribution in [2.24, 2.45) is 0 Å². The van der Waals surface area contributed by atoms with Gasteiger partial charge in [0.1, 0.15) is 12.5 Å². The summed E-state index contributed by atoms with van der Waals surface area (Å²) in [4.78, 5) is 35.7. The fourth-order valence-electron chi connectivity index (χ4n) is 3.24. The van der Waals surface area contributed by atoms with Crippen molar-refractivity contribution in [2.75, 3.05) is 0 Å². The number of nitro groups is 1. The Labute approximate surface area is 186 Å². The van der Waals surface area contributed by atoms with Crippen LogP contribution in [0.15, 0.2) is 52.1 Å². The Bertz CT molecular complexity index is 1280. The second-order valence-electron chi connectivity index (χ2n) is 7.26. The van der Waals surface area contributed by atoms with E-state index in [1.165, 1.54) is 36.4 Å². The minimum atomic E-state index is -1.07. The van der Waals surface area contributed by atoms with Gasteiger partial charge in [0.15, 0.2) is 0 Å². The summed E-state index contributed by atoms with van der Waals surface area (Å²) >= 11 is 5.74. The van der Waals surface area contributed by atoms with Crippen LogP contribution in [0.4, 0.5) is 10.1 Å². The van der Waals surface area contributed by atoms with Crippen LogP contribution in [0.3, 0.4) is 0 Å². The normalized spacial score (nSPS) is 11.2. The summed E-state index contributed by atoms with van der Waals surface area (Å²) in [5, 5.41) is 21.2. The predicted molar refractivity (Wildman–Crippen MR) is 115 cm³/mol. The highest BCUT2D eigenvalue weighted by Gasteiger charge is 2.23. The zero-order valence-electron chi connectivity index (χ0n) is 17.1. The molecule has 1 N–H and O–H groups in total. The van der Waals surface area contributed by atoms with Crippen LogP contribution in [0, 0.1) is 15.9 Å². The third-order valence-corrected chi connectivity index (χ3v) is 5.02. The lowest BCUT2D eigenvalue weighted by Gasteiger charge is -2.19. The molecule has 168 valence electrons. The first-order valence-corrected chi connectivity index (χ1v) is 9.85. The first-order chi connectivity index (χ1) is 15.1. The number of halogens is 2.